The Bertz CT molecular complexity index is 5020. The van der Waals surface area contributed by atoms with Gasteiger partial charge in [-0.25, -0.2) is 0 Å². The lowest BCUT2D eigenvalue weighted by molar-refractivity contribution is -0.111. The van der Waals surface area contributed by atoms with E-state index in [9.17, 15) is 71.9 Å². The summed E-state index contributed by atoms with van der Waals surface area (Å²) in [6.07, 6.45) is 6.39. The predicted octanol–water partition coefficient (Wildman–Crippen LogP) is 27.1. The highest BCUT2D eigenvalue weighted by Gasteiger charge is 2.33. The molecule has 4 aromatic heterocycles. The molecule has 0 unspecified atom stereocenters. The van der Waals surface area contributed by atoms with Gasteiger partial charge >= 0.3 is 22.0 Å². The van der Waals surface area contributed by atoms with Crippen LogP contribution in [0.1, 0.15) is 128 Å². The molecule has 0 saturated carbocycles. The van der Waals surface area contributed by atoms with Crippen molar-refractivity contribution in [3.63, 3.8) is 0 Å². The number of fused-ring (bicyclic) bond motifs is 4. The number of anilines is 4. The van der Waals surface area contributed by atoms with E-state index < -0.39 is 45.7 Å². The summed E-state index contributed by atoms with van der Waals surface area (Å²) in [4.78, 5) is 69.0. The molecule has 12 rings (SSSR count). The van der Waals surface area contributed by atoms with Crippen molar-refractivity contribution in [2.45, 2.75) is 127 Å². The molecule has 4 heterocycles. The zero-order chi connectivity index (χ0) is 87.8. The van der Waals surface area contributed by atoms with E-state index in [1.165, 1.54) is 0 Å². The van der Waals surface area contributed by atoms with Crippen molar-refractivity contribution < 1.29 is 71.9 Å². The molecule has 120 heavy (non-hydrogen) atoms. The van der Waals surface area contributed by atoms with Gasteiger partial charge in [0, 0.05) is 46.3 Å². The van der Waals surface area contributed by atoms with Gasteiger partial charge in [0.25, 0.3) is 23.6 Å². The Hall–Kier alpha value is -11.2. The fraction of sp³-hybridized carbons (Fsp3) is 0.217. The van der Waals surface area contributed by atoms with Crippen molar-refractivity contribution in [3.8, 4) is 0 Å². The first-order valence-corrected chi connectivity index (χ1v) is 40.5. The van der Waals surface area contributed by atoms with Gasteiger partial charge in [-0.15, -0.1) is 0 Å². The first kappa shape index (κ1) is 92.7. The molecule has 624 valence electrons. The topological polar surface area (TPSA) is 168 Å². The average Bonchev–Trinajstić information content (AvgIpc) is 0.818. The number of pyridine rings is 4. The molecule has 0 radical (unpaired) electrons. The van der Waals surface area contributed by atoms with Crippen LogP contribution in [0.4, 0.5) is 75.4 Å². The minimum Gasteiger partial charge on any atom is -0.320 e. The van der Waals surface area contributed by atoms with E-state index in [-0.39, 0.29) is 91.0 Å². The molecule has 12 nitrogen and oxygen atoms in total. The number of benzene rings is 8. The van der Waals surface area contributed by atoms with E-state index in [0.717, 1.165) is 65.4 Å². The van der Waals surface area contributed by atoms with Gasteiger partial charge in [0.1, 0.15) is 0 Å². The Morgan fingerprint density at radius 2 is 0.417 bits per heavy atom. The van der Waals surface area contributed by atoms with Gasteiger partial charge < -0.3 is 21.3 Å². The summed E-state index contributed by atoms with van der Waals surface area (Å²) in [6, 6.07) is 63.6. The Balaban J connectivity index is 0.000000182. The summed E-state index contributed by atoms with van der Waals surface area (Å²) < 4.78 is 154. The third-order valence-electron chi connectivity index (χ3n) is 18.0. The Morgan fingerprint density at radius 1 is 0.250 bits per heavy atom. The number of halogens is 12. The number of alkyl halides is 12. The quantitative estimate of drug-likeness (QED) is 0.0535. The maximum absolute atomic E-state index is 13.0. The third-order valence-corrected chi connectivity index (χ3v) is 20.5. The van der Waals surface area contributed by atoms with Gasteiger partial charge in [-0.05, 0) is 183 Å². The molecule has 0 aliphatic rings. The second-order valence-corrected chi connectivity index (χ2v) is 34.8. The van der Waals surface area contributed by atoms with E-state index in [1.807, 2.05) is 180 Å². The Kier molecular flexibility index (Phi) is 30.4. The molecule has 0 spiro atoms. The summed E-state index contributed by atoms with van der Waals surface area (Å²) in [5, 5.41) is 17.5. The Labute approximate surface area is 704 Å². The molecule has 0 atom stereocenters. The van der Waals surface area contributed by atoms with Crippen LogP contribution < -0.4 is 21.3 Å². The largest absolute Gasteiger partial charge is 0.445 e. The summed E-state index contributed by atoms with van der Waals surface area (Å²) in [6.45, 7) is 24.5. The van der Waals surface area contributed by atoms with Crippen LogP contribution in [0, 0.1) is 0 Å². The highest BCUT2D eigenvalue weighted by molar-refractivity contribution is 8.03. The molecular formula is C92H84F12N8O4S4. The minimum absolute atomic E-state index is 0.0641. The number of para-hydroxylation sites is 4. The van der Waals surface area contributed by atoms with Crippen molar-refractivity contribution >= 4 is 159 Å². The number of amides is 4. The molecule has 4 N–H and O–H groups in total. The highest BCUT2D eigenvalue weighted by Crippen LogP contribution is 2.41. The molecule has 0 bridgehead atoms. The van der Waals surface area contributed by atoms with E-state index in [1.54, 1.807) is 146 Å². The fourth-order valence-corrected chi connectivity index (χ4v) is 13.7. The fourth-order valence-electron chi connectivity index (χ4n) is 11.7. The predicted molar refractivity (Wildman–Crippen MR) is 469 cm³/mol. The highest BCUT2D eigenvalue weighted by atomic mass is 32.2. The van der Waals surface area contributed by atoms with Crippen molar-refractivity contribution in [1.82, 2.24) is 19.9 Å². The first-order valence-electron chi connectivity index (χ1n) is 37.0. The smallest absolute Gasteiger partial charge is 0.320 e. The zero-order valence-corrected chi connectivity index (χ0v) is 70.3. The first-order chi connectivity index (χ1) is 56.2. The molecule has 8 aromatic carbocycles. The maximum Gasteiger partial charge on any atom is 0.445 e. The summed E-state index contributed by atoms with van der Waals surface area (Å²) >= 11 is -1.40. The number of hydrogen-bond acceptors (Lipinski definition) is 12. The number of nitrogens with one attached hydrogen (secondary N) is 4. The van der Waals surface area contributed by atoms with Gasteiger partial charge in [0.05, 0.1) is 67.1 Å². The van der Waals surface area contributed by atoms with E-state index in [0.29, 0.717) is 67.1 Å². The number of thioether (sulfide) groups is 4. The second kappa shape index (κ2) is 39.3. The molecule has 28 heteroatoms. The van der Waals surface area contributed by atoms with E-state index in [4.69, 9.17) is 0 Å². The molecule has 12 aromatic rings. The molecule has 0 aliphatic carbocycles. The van der Waals surface area contributed by atoms with Gasteiger partial charge in [-0.1, -0.05) is 253 Å². The zero-order valence-electron chi connectivity index (χ0n) is 67.0. The van der Waals surface area contributed by atoms with Crippen molar-refractivity contribution in [2.24, 2.45) is 0 Å². The van der Waals surface area contributed by atoms with Crippen LogP contribution in [0.5, 0.6) is 0 Å². The van der Waals surface area contributed by atoms with Crippen LogP contribution in [0.3, 0.4) is 0 Å². The van der Waals surface area contributed by atoms with Crippen LogP contribution in [0.15, 0.2) is 265 Å². The van der Waals surface area contributed by atoms with Crippen molar-refractivity contribution in [3.05, 3.63) is 309 Å². The van der Waals surface area contributed by atoms with Gasteiger partial charge in [0.2, 0.25) is 0 Å². The van der Waals surface area contributed by atoms with E-state index in [2.05, 4.69) is 41.2 Å². The lowest BCUT2D eigenvalue weighted by Crippen LogP contribution is -2.15. The average molecular weight is 1720 g/mol. The van der Waals surface area contributed by atoms with Gasteiger partial charge in [0.15, 0.2) is 0 Å². The number of hydrogen-bond donors (Lipinski definition) is 4. The number of carbonyl (C=O) groups is 4. The molecule has 0 fully saturated rings. The summed E-state index contributed by atoms with van der Waals surface area (Å²) in [7, 11) is 0. The summed E-state index contributed by atoms with van der Waals surface area (Å²) in [5.41, 5.74) is -8.91. The van der Waals surface area contributed by atoms with Crippen LogP contribution in [0.2, 0.25) is 0 Å². The SMILES string of the molecule is CC(C)(C)c1ccc(/C(=C/SC(F)(F)F)C(=O)Nc2cccc3cccnc23)cc1.CC(C)(C)c1ccc(/C(=C/SC(F)(F)F)C(=O)Nc2cccc3cccnc23)cc1.CC(C)(C)c1ccc(/C(=C/SC(F)(F)F)C(=O)Nc2cccc3cccnc23)cc1.CC(C)(C)c1ccc(/C(=C/SC(F)(F)F)C(=O)Nc2cccc3cccnc23)cc1. The van der Waals surface area contributed by atoms with Crippen LogP contribution in [-0.4, -0.2) is 65.6 Å². The van der Waals surface area contributed by atoms with Crippen LogP contribution in [-0.2, 0) is 40.8 Å². The lowest BCUT2D eigenvalue weighted by Gasteiger charge is -2.19. The molecular weight excluding hydrogens is 1640 g/mol. The van der Waals surface area contributed by atoms with Crippen molar-refractivity contribution in [2.75, 3.05) is 21.3 Å². The second-order valence-electron chi connectivity index (χ2n) is 31.0. The van der Waals surface area contributed by atoms with Gasteiger partial charge in [-0.3, -0.25) is 39.1 Å². The van der Waals surface area contributed by atoms with Gasteiger partial charge in [-0.2, -0.15) is 52.7 Å². The summed E-state index contributed by atoms with van der Waals surface area (Å²) in [5.74, 6) is -2.52. The Morgan fingerprint density at radius 3 is 0.575 bits per heavy atom. The van der Waals surface area contributed by atoms with E-state index >= 15 is 0 Å². The molecule has 0 saturated heterocycles. The normalized spacial score (nSPS) is 12.8. The standard InChI is InChI=1S/4C23H21F3N2OS/c4*1-22(2,3)17-11-9-15(10-12-17)18(14-30-23(24,25)26)21(29)28-19-8-4-6-16-7-5-13-27-20(16)19/h4*4-14H,1-3H3,(H,28,29)/b4*18-14-. The monoisotopic (exact) mass is 1720 g/mol. The number of rotatable bonds is 16. The maximum atomic E-state index is 13.0. The van der Waals surface area contributed by atoms with Crippen LogP contribution >= 0.6 is 47.0 Å². The molecule has 4 amide bonds. The lowest BCUT2D eigenvalue weighted by atomic mass is 9.86. The third kappa shape index (κ3) is 27.4. The number of nitrogens with zero attached hydrogens (tertiary/aromatic N) is 4. The van der Waals surface area contributed by atoms with Crippen molar-refractivity contribution in [1.29, 1.82) is 0 Å². The number of carbonyl (C=O) groups excluding carboxylic acids is 4. The number of aromatic nitrogens is 4. The van der Waals surface area contributed by atoms with Crippen LogP contribution in [0.25, 0.3) is 65.9 Å². The minimum atomic E-state index is -4.49. The molecule has 0 aliphatic heterocycles.